The lowest BCUT2D eigenvalue weighted by Gasteiger charge is -2.35. The zero-order valence-electron chi connectivity index (χ0n) is 13.8. The molecule has 1 amide bonds. The van der Waals surface area contributed by atoms with E-state index in [1.54, 1.807) is 0 Å². The summed E-state index contributed by atoms with van der Waals surface area (Å²) in [6.45, 7) is 4.09. The Hall–Kier alpha value is -1.89. The van der Waals surface area contributed by atoms with Crippen molar-refractivity contribution in [2.75, 3.05) is 26.7 Å². The molecule has 2 atom stereocenters. The Morgan fingerprint density at radius 3 is 2.83 bits per heavy atom. The Morgan fingerprint density at radius 2 is 2.21 bits per heavy atom. The zero-order valence-corrected chi connectivity index (χ0v) is 14.5. The fourth-order valence-electron chi connectivity index (χ4n) is 2.83. The molecule has 0 spiro atoms. The Kier molecular flexibility index (Phi) is 5.18. The molecule has 1 aliphatic heterocycles. The Balaban J connectivity index is 1.83. The summed E-state index contributed by atoms with van der Waals surface area (Å²) >= 11 is 5.99. The van der Waals surface area contributed by atoms with Gasteiger partial charge in [0.05, 0.1) is 24.9 Å². The monoisotopic (exact) mass is 348 g/mol. The van der Waals surface area contributed by atoms with E-state index in [-0.39, 0.29) is 18.1 Å². The highest BCUT2D eigenvalue weighted by molar-refractivity contribution is 6.30. The van der Waals surface area contributed by atoms with Crippen LogP contribution in [0.2, 0.25) is 5.02 Å². The van der Waals surface area contributed by atoms with Crippen molar-refractivity contribution < 1.29 is 9.53 Å². The van der Waals surface area contributed by atoms with Crippen molar-refractivity contribution in [1.29, 1.82) is 0 Å². The van der Waals surface area contributed by atoms with Crippen LogP contribution in [0.15, 0.2) is 30.5 Å². The predicted molar refractivity (Wildman–Crippen MR) is 92.2 cm³/mol. The fourth-order valence-corrected chi connectivity index (χ4v) is 2.95. The smallest absolute Gasteiger partial charge is 0.269 e. The first-order chi connectivity index (χ1) is 11.5. The summed E-state index contributed by atoms with van der Waals surface area (Å²) in [4.78, 5) is 21.8. The quantitative estimate of drug-likeness (QED) is 0.888. The maximum Gasteiger partial charge on any atom is 0.269 e. The zero-order chi connectivity index (χ0) is 17.1. The highest BCUT2D eigenvalue weighted by atomic mass is 35.5. The molecule has 2 heterocycles. The molecule has 7 heteroatoms. The van der Waals surface area contributed by atoms with Crippen molar-refractivity contribution in [3.63, 3.8) is 0 Å². The van der Waals surface area contributed by atoms with E-state index in [0.29, 0.717) is 23.1 Å². The first-order valence-corrected chi connectivity index (χ1v) is 8.29. The summed E-state index contributed by atoms with van der Waals surface area (Å²) < 4.78 is 5.92. The number of H-pyrrole nitrogens is 1. The molecule has 1 aliphatic rings. The van der Waals surface area contributed by atoms with E-state index in [1.165, 1.54) is 6.20 Å². The molecular weight excluding hydrogens is 328 g/mol. The molecule has 1 saturated heterocycles. The topological polar surface area (TPSA) is 70.2 Å². The number of nitrogens with one attached hydrogen (secondary N) is 2. The van der Waals surface area contributed by atoms with E-state index in [1.807, 2.05) is 31.2 Å². The second kappa shape index (κ2) is 7.34. The largest absolute Gasteiger partial charge is 0.373 e. The molecule has 6 nitrogen and oxygen atoms in total. The maximum atomic E-state index is 12.6. The number of amides is 1. The lowest BCUT2D eigenvalue weighted by Crippen LogP contribution is -2.48. The van der Waals surface area contributed by atoms with Crippen molar-refractivity contribution in [2.24, 2.45) is 0 Å². The molecule has 0 bridgehead atoms. The average Bonchev–Trinajstić information content (AvgIpc) is 3.00. The van der Waals surface area contributed by atoms with Crippen molar-refractivity contribution in [2.45, 2.75) is 19.1 Å². The second-order valence-electron chi connectivity index (χ2n) is 6.06. The van der Waals surface area contributed by atoms with Crippen LogP contribution in [0.5, 0.6) is 0 Å². The number of hydrogen-bond acceptors (Lipinski definition) is 4. The number of nitrogens with zero attached hydrogens (tertiary/aromatic N) is 2. The van der Waals surface area contributed by atoms with Gasteiger partial charge in [-0.3, -0.25) is 4.79 Å². The minimum atomic E-state index is -0.263. The number of carbonyl (C=O) groups excluding carboxylic acids is 1. The summed E-state index contributed by atoms with van der Waals surface area (Å²) in [5.74, 6) is 0.504. The molecule has 24 heavy (non-hydrogen) atoms. The van der Waals surface area contributed by atoms with Gasteiger partial charge in [-0.2, -0.15) is 0 Å². The molecule has 2 aromatic rings. The number of likely N-dealkylation sites (N-methyl/N-ethyl adjacent to an activating group) is 1. The molecule has 0 aliphatic carbocycles. The molecule has 0 saturated carbocycles. The molecule has 128 valence electrons. The minimum Gasteiger partial charge on any atom is -0.373 e. The van der Waals surface area contributed by atoms with Gasteiger partial charge in [0, 0.05) is 18.1 Å². The van der Waals surface area contributed by atoms with Gasteiger partial charge in [0.15, 0.2) is 0 Å². The number of benzene rings is 1. The lowest BCUT2D eigenvalue weighted by atomic mass is 9.99. The average molecular weight is 349 g/mol. The van der Waals surface area contributed by atoms with Crippen LogP contribution in [0.4, 0.5) is 0 Å². The van der Waals surface area contributed by atoms with Gasteiger partial charge in [-0.25, -0.2) is 4.98 Å². The first-order valence-electron chi connectivity index (χ1n) is 7.91. The second-order valence-corrected chi connectivity index (χ2v) is 6.49. The number of carbonyl (C=O) groups is 1. The van der Waals surface area contributed by atoms with Gasteiger partial charge >= 0.3 is 0 Å². The molecule has 2 unspecified atom stereocenters. The standard InChI is InChI=1S/C17H21ClN4O2/c1-11-19-9-14(20-11)17(23)21-16(12-3-5-13(18)6-4-12)15-10-22(2)7-8-24-15/h3-6,9,15-16H,7-8,10H2,1-2H3,(H,19,20)(H,21,23). The van der Waals surface area contributed by atoms with Gasteiger partial charge in [0.1, 0.15) is 11.5 Å². The maximum absolute atomic E-state index is 12.6. The number of morpholine rings is 1. The van der Waals surface area contributed by atoms with E-state index < -0.39 is 0 Å². The summed E-state index contributed by atoms with van der Waals surface area (Å²) in [6, 6.07) is 7.22. The van der Waals surface area contributed by atoms with E-state index in [2.05, 4.69) is 27.2 Å². The highest BCUT2D eigenvalue weighted by Gasteiger charge is 2.30. The van der Waals surface area contributed by atoms with Gasteiger partial charge < -0.3 is 19.9 Å². The van der Waals surface area contributed by atoms with Crippen molar-refractivity contribution in [3.05, 3.63) is 52.6 Å². The van der Waals surface area contributed by atoms with Gasteiger partial charge in [-0.1, -0.05) is 23.7 Å². The van der Waals surface area contributed by atoms with Crippen molar-refractivity contribution in [3.8, 4) is 0 Å². The van der Waals surface area contributed by atoms with E-state index >= 15 is 0 Å². The number of hydrogen-bond donors (Lipinski definition) is 2. The van der Waals surface area contributed by atoms with Crippen molar-refractivity contribution in [1.82, 2.24) is 20.2 Å². The number of aromatic nitrogens is 2. The lowest BCUT2D eigenvalue weighted by molar-refractivity contribution is -0.0381. The SMILES string of the molecule is Cc1ncc(C(=O)NC(c2ccc(Cl)cc2)C2CN(C)CCO2)[nH]1. The summed E-state index contributed by atoms with van der Waals surface area (Å²) in [6.07, 6.45) is 1.41. The predicted octanol–water partition coefficient (Wildman–Crippen LogP) is 2.17. The van der Waals surface area contributed by atoms with Crippen LogP contribution in [-0.2, 0) is 4.74 Å². The number of rotatable bonds is 4. The minimum absolute atomic E-state index is 0.127. The third-order valence-corrected chi connectivity index (χ3v) is 4.38. The van der Waals surface area contributed by atoms with Crippen molar-refractivity contribution >= 4 is 17.5 Å². The van der Waals surface area contributed by atoms with Gasteiger partial charge in [0.25, 0.3) is 5.91 Å². The highest BCUT2D eigenvalue weighted by Crippen LogP contribution is 2.24. The van der Waals surface area contributed by atoms with E-state index in [4.69, 9.17) is 16.3 Å². The summed E-state index contributed by atoms with van der Waals surface area (Å²) in [5.41, 5.74) is 1.40. The Bertz CT molecular complexity index is 701. The van der Waals surface area contributed by atoms with Crippen LogP contribution in [-0.4, -0.2) is 53.6 Å². The van der Waals surface area contributed by atoms with Crippen LogP contribution < -0.4 is 5.32 Å². The van der Waals surface area contributed by atoms with E-state index in [0.717, 1.165) is 18.7 Å². The third kappa shape index (κ3) is 3.95. The van der Waals surface area contributed by atoms with Crippen LogP contribution >= 0.6 is 11.6 Å². The number of ether oxygens (including phenoxy) is 1. The number of imidazole rings is 1. The van der Waals surface area contributed by atoms with Gasteiger partial charge in [-0.15, -0.1) is 0 Å². The molecular formula is C17H21ClN4O2. The third-order valence-electron chi connectivity index (χ3n) is 4.13. The first kappa shape index (κ1) is 17.0. The van der Waals surface area contributed by atoms with Crippen LogP contribution in [0.25, 0.3) is 0 Å². The van der Waals surface area contributed by atoms with E-state index in [9.17, 15) is 4.79 Å². The molecule has 1 aromatic heterocycles. The Morgan fingerprint density at radius 1 is 1.46 bits per heavy atom. The molecule has 1 aromatic carbocycles. The van der Waals surface area contributed by atoms with Crippen LogP contribution in [0.3, 0.4) is 0 Å². The number of halogens is 1. The normalized spacial score (nSPS) is 19.9. The fraction of sp³-hybridized carbons (Fsp3) is 0.412. The molecule has 0 radical (unpaired) electrons. The van der Waals surface area contributed by atoms with Gasteiger partial charge in [0.2, 0.25) is 0 Å². The molecule has 2 N–H and O–H groups in total. The summed E-state index contributed by atoms with van der Waals surface area (Å²) in [7, 11) is 2.05. The van der Waals surface area contributed by atoms with Crippen LogP contribution in [0, 0.1) is 6.92 Å². The number of aryl methyl sites for hydroxylation is 1. The molecule has 1 fully saturated rings. The summed E-state index contributed by atoms with van der Waals surface area (Å²) in [5, 5.41) is 3.73. The number of aromatic amines is 1. The Labute approximate surface area is 146 Å². The molecule has 3 rings (SSSR count). The van der Waals surface area contributed by atoms with Crippen LogP contribution in [0.1, 0.15) is 27.9 Å². The van der Waals surface area contributed by atoms with Gasteiger partial charge in [-0.05, 0) is 31.7 Å².